The largest absolute Gasteiger partial charge is 0.279 e. The van der Waals surface area contributed by atoms with E-state index in [1.165, 1.54) is 28.6 Å². The minimum absolute atomic E-state index is 0.0263. The Labute approximate surface area is 120 Å². The maximum Gasteiger partial charge on any atom is 0.259 e. The van der Waals surface area contributed by atoms with Crippen LogP contribution in [0.4, 0.5) is 0 Å². The van der Waals surface area contributed by atoms with E-state index in [-0.39, 0.29) is 10.2 Å². The molecule has 5 nitrogen and oxygen atoms in total. The highest BCUT2D eigenvalue weighted by molar-refractivity contribution is 7.89. The summed E-state index contributed by atoms with van der Waals surface area (Å²) >= 11 is 7.29. The lowest BCUT2D eigenvalue weighted by Crippen LogP contribution is -2.30. The van der Waals surface area contributed by atoms with Crippen molar-refractivity contribution in [1.29, 1.82) is 0 Å². The van der Waals surface area contributed by atoms with Gasteiger partial charge < -0.3 is 0 Å². The third kappa shape index (κ3) is 2.52. The molecule has 0 radical (unpaired) electrons. The molecule has 3 rings (SSSR count). The van der Waals surface area contributed by atoms with Crippen molar-refractivity contribution < 1.29 is 8.42 Å². The molecule has 0 aliphatic heterocycles. The topological polar surface area (TPSA) is 63.5 Å². The average molecular weight is 320 g/mol. The molecule has 104 valence electrons. The zero-order valence-electron chi connectivity index (χ0n) is 10.3. The molecule has 1 atom stereocenters. The molecule has 1 aliphatic rings. The summed E-state index contributed by atoms with van der Waals surface area (Å²) < 4.78 is 28.8. The van der Waals surface area contributed by atoms with Gasteiger partial charge in [0.1, 0.15) is 0 Å². The molecule has 8 heteroatoms. The van der Waals surface area contributed by atoms with E-state index in [1.54, 1.807) is 11.6 Å². The zero-order valence-corrected chi connectivity index (χ0v) is 12.7. The summed E-state index contributed by atoms with van der Waals surface area (Å²) in [5.74, 6) is 1.02. The van der Waals surface area contributed by atoms with Crippen molar-refractivity contribution >= 4 is 37.9 Å². The van der Waals surface area contributed by atoms with Gasteiger partial charge in [0.15, 0.2) is 15.1 Å². The van der Waals surface area contributed by atoms with Crippen LogP contribution in [0, 0.1) is 11.8 Å². The molecular weight excluding hydrogens is 306 g/mol. The van der Waals surface area contributed by atoms with Gasteiger partial charge in [0.25, 0.3) is 10.0 Å². The Morgan fingerprint density at radius 1 is 1.63 bits per heavy atom. The van der Waals surface area contributed by atoms with Crippen molar-refractivity contribution in [2.75, 3.05) is 6.54 Å². The lowest BCUT2D eigenvalue weighted by Gasteiger charge is -2.11. The molecule has 19 heavy (non-hydrogen) atoms. The minimum atomic E-state index is -3.62. The maximum atomic E-state index is 12.3. The first kappa shape index (κ1) is 13.4. The number of aromatic nitrogens is 2. The molecule has 2 heterocycles. The number of thiazole rings is 1. The van der Waals surface area contributed by atoms with Gasteiger partial charge in [-0.25, -0.2) is 18.1 Å². The molecule has 0 saturated heterocycles. The predicted molar refractivity (Wildman–Crippen MR) is 75.2 cm³/mol. The third-order valence-electron chi connectivity index (χ3n) is 3.46. The van der Waals surface area contributed by atoms with Gasteiger partial charge in [-0.15, -0.1) is 11.3 Å². The number of hydrogen-bond acceptors (Lipinski definition) is 4. The molecule has 0 amide bonds. The first-order valence-corrected chi connectivity index (χ1v) is 8.84. The average Bonchev–Trinajstić information content (AvgIpc) is 3.02. The van der Waals surface area contributed by atoms with Gasteiger partial charge in [0.2, 0.25) is 0 Å². The van der Waals surface area contributed by atoms with E-state index < -0.39 is 10.0 Å². The van der Waals surface area contributed by atoms with Crippen LogP contribution in [0.2, 0.25) is 5.15 Å². The fraction of sp³-hybridized carbons (Fsp3) is 0.545. The monoisotopic (exact) mass is 319 g/mol. The van der Waals surface area contributed by atoms with Crippen LogP contribution in [0.25, 0.3) is 4.96 Å². The summed E-state index contributed by atoms with van der Waals surface area (Å²) in [5, 5.41) is 1.84. The summed E-state index contributed by atoms with van der Waals surface area (Å²) in [6, 6.07) is 0. The van der Waals surface area contributed by atoms with Crippen LogP contribution in [0.1, 0.15) is 19.8 Å². The fourth-order valence-corrected chi connectivity index (χ4v) is 4.71. The lowest BCUT2D eigenvalue weighted by atomic mass is 10.1. The van der Waals surface area contributed by atoms with Crippen LogP contribution in [0.5, 0.6) is 0 Å². The first-order chi connectivity index (χ1) is 8.99. The van der Waals surface area contributed by atoms with Gasteiger partial charge in [0, 0.05) is 18.1 Å². The van der Waals surface area contributed by atoms with Crippen molar-refractivity contribution in [1.82, 2.24) is 14.1 Å². The lowest BCUT2D eigenvalue weighted by molar-refractivity contribution is 0.490. The van der Waals surface area contributed by atoms with E-state index in [0.717, 1.165) is 0 Å². The normalized spacial score (nSPS) is 18.0. The van der Waals surface area contributed by atoms with E-state index in [2.05, 4.69) is 16.6 Å². The fourth-order valence-electron chi connectivity index (χ4n) is 2.12. The van der Waals surface area contributed by atoms with Crippen LogP contribution in [0.15, 0.2) is 16.6 Å². The number of nitrogens with one attached hydrogen (secondary N) is 1. The SMILES string of the molecule is CC(CNS(=O)(=O)c1c(Cl)nc2sccn12)C1CC1. The number of halogens is 1. The Morgan fingerprint density at radius 2 is 2.37 bits per heavy atom. The van der Waals surface area contributed by atoms with Crippen molar-refractivity contribution in [2.24, 2.45) is 11.8 Å². The Kier molecular flexibility index (Phi) is 3.33. The van der Waals surface area contributed by atoms with E-state index in [4.69, 9.17) is 11.6 Å². The zero-order chi connectivity index (χ0) is 13.6. The molecule has 2 aromatic rings. The Morgan fingerprint density at radius 3 is 3.05 bits per heavy atom. The number of fused-ring (bicyclic) bond motifs is 1. The van der Waals surface area contributed by atoms with E-state index in [9.17, 15) is 8.42 Å². The molecule has 1 unspecified atom stereocenters. The highest BCUT2D eigenvalue weighted by Gasteiger charge is 2.30. The molecule has 0 bridgehead atoms. The van der Waals surface area contributed by atoms with Crippen LogP contribution in [0.3, 0.4) is 0 Å². The predicted octanol–water partition coefficient (Wildman–Crippen LogP) is 2.37. The van der Waals surface area contributed by atoms with Gasteiger partial charge in [0.05, 0.1) is 0 Å². The molecule has 1 aliphatic carbocycles. The number of nitrogens with zero attached hydrogens (tertiary/aromatic N) is 2. The van der Waals surface area contributed by atoms with Crippen molar-refractivity contribution in [3.05, 3.63) is 16.7 Å². The number of rotatable bonds is 5. The van der Waals surface area contributed by atoms with Gasteiger partial charge in [-0.05, 0) is 24.7 Å². The number of imidazole rings is 1. The Bertz CT molecular complexity index is 703. The molecule has 1 N–H and O–H groups in total. The second kappa shape index (κ2) is 4.73. The van der Waals surface area contributed by atoms with Gasteiger partial charge in [-0.3, -0.25) is 4.40 Å². The van der Waals surface area contributed by atoms with Gasteiger partial charge >= 0.3 is 0 Å². The third-order valence-corrected chi connectivity index (χ3v) is 6.03. The molecule has 1 fully saturated rings. The number of sulfonamides is 1. The quantitative estimate of drug-likeness (QED) is 0.920. The second-order valence-electron chi connectivity index (χ2n) is 4.93. The minimum Gasteiger partial charge on any atom is -0.279 e. The van der Waals surface area contributed by atoms with Crippen LogP contribution < -0.4 is 4.72 Å². The number of hydrogen-bond donors (Lipinski definition) is 1. The van der Waals surface area contributed by atoms with E-state index in [1.807, 2.05) is 0 Å². The van der Waals surface area contributed by atoms with Crippen LogP contribution in [-0.4, -0.2) is 24.3 Å². The smallest absolute Gasteiger partial charge is 0.259 e. The summed E-state index contributed by atoms with van der Waals surface area (Å²) in [6.07, 6.45) is 4.06. The summed E-state index contributed by atoms with van der Waals surface area (Å²) in [4.78, 5) is 4.63. The molecule has 2 aromatic heterocycles. The molecule has 0 spiro atoms. The Balaban J connectivity index is 1.86. The van der Waals surface area contributed by atoms with Gasteiger partial charge in [-0.2, -0.15) is 0 Å². The van der Waals surface area contributed by atoms with Gasteiger partial charge in [-0.1, -0.05) is 18.5 Å². The highest BCUT2D eigenvalue weighted by atomic mass is 35.5. The van der Waals surface area contributed by atoms with Crippen molar-refractivity contribution in [3.63, 3.8) is 0 Å². The standard InChI is InChI=1S/C11H14ClN3O2S2/c1-7(8-2-3-8)6-13-19(16,17)10-9(12)14-11-15(10)4-5-18-11/h4-5,7-8,13H,2-3,6H2,1H3. The van der Waals surface area contributed by atoms with Crippen molar-refractivity contribution in [2.45, 2.75) is 24.8 Å². The highest BCUT2D eigenvalue weighted by Crippen LogP contribution is 2.36. The summed E-state index contributed by atoms with van der Waals surface area (Å²) in [5.41, 5.74) is 0. The van der Waals surface area contributed by atoms with Crippen LogP contribution in [-0.2, 0) is 10.0 Å². The maximum absolute atomic E-state index is 12.3. The van der Waals surface area contributed by atoms with Crippen LogP contribution >= 0.6 is 22.9 Å². The molecule has 0 aromatic carbocycles. The molecule has 1 saturated carbocycles. The Hall–Kier alpha value is -0.630. The first-order valence-electron chi connectivity index (χ1n) is 6.10. The summed E-state index contributed by atoms with van der Waals surface area (Å²) in [6.45, 7) is 2.51. The van der Waals surface area contributed by atoms with Crippen molar-refractivity contribution in [3.8, 4) is 0 Å². The second-order valence-corrected chi connectivity index (χ2v) is 7.84. The van der Waals surface area contributed by atoms with E-state index in [0.29, 0.717) is 23.3 Å². The van der Waals surface area contributed by atoms with E-state index >= 15 is 0 Å². The molecular formula is C11H14ClN3O2S2. The summed E-state index contributed by atoms with van der Waals surface area (Å²) in [7, 11) is -3.62.